The van der Waals surface area contributed by atoms with Crippen molar-refractivity contribution in [3.63, 3.8) is 0 Å². The molecule has 2 rings (SSSR count). The Labute approximate surface area is 127 Å². The molecule has 0 bridgehead atoms. The van der Waals surface area contributed by atoms with Gasteiger partial charge in [0.15, 0.2) is 0 Å². The molecule has 6 nitrogen and oxygen atoms in total. The lowest BCUT2D eigenvalue weighted by atomic mass is 10.1. The van der Waals surface area contributed by atoms with E-state index in [-0.39, 0.29) is 0 Å². The van der Waals surface area contributed by atoms with Gasteiger partial charge in [-0.25, -0.2) is 4.79 Å². The summed E-state index contributed by atoms with van der Waals surface area (Å²) in [5.41, 5.74) is 7.04. The number of aromatic nitrogens is 2. The van der Waals surface area contributed by atoms with E-state index in [0.717, 1.165) is 11.3 Å². The summed E-state index contributed by atoms with van der Waals surface area (Å²) in [5, 5.41) is 9.65. The van der Waals surface area contributed by atoms with Crippen LogP contribution in [0.15, 0.2) is 24.3 Å². The summed E-state index contributed by atoms with van der Waals surface area (Å²) in [4.78, 5) is 11.7. The van der Waals surface area contributed by atoms with E-state index in [1.165, 1.54) is 0 Å². The molecule has 0 saturated heterocycles. The highest BCUT2D eigenvalue weighted by Crippen LogP contribution is 2.28. The SMILES string of the molecule is CC(C)(C)OC(=O)Nc1ccc(-c2cc(N)n[nH]2)cc1Cl. The minimum absolute atomic E-state index is 0.395. The monoisotopic (exact) mass is 308 g/mol. The van der Waals surface area contributed by atoms with Crippen molar-refractivity contribution >= 4 is 29.2 Å². The number of anilines is 2. The van der Waals surface area contributed by atoms with Crippen LogP contribution in [0.2, 0.25) is 5.02 Å². The van der Waals surface area contributed by atoms with E-state index in [4.69, 9.17) is 22.1 Å². The Morgan fingerprint density at radius 1 is 1.38 bits per heavy atom. The molecule has 0 spiro atoms. The van der Waals surface area contributed by atoms with Crippen LogP contribution in [-0.4, -0.2) is 21.9 Å². The third kappa shape index (κ3) is 4.13. The molecule has 0 radical (unpaired) electrons. The number of nitrogens with zero attached hydrogens (tertiary/aromatic N) is 1. The van der Waals surface area contributed by atoms with Gasteiger partial charge < -0.3 is 10.5 Å². The molecule has 0 saturated carbocycles. The maximum atomic E-state index is 11.7. The lowest BCUT2D eigenvalue weighted by molar-refractivity contribution is 0.0636. The molecular weight excluding hydrogens is 292 g/mol. The van der Waals surface area contributed by atoms with Crippen LogP contribution >= 0.6 is 11.6 Å². The van der Waals surface area contributed by atoms with Gasteiger partial charge in [-0.15, -0.1) is 0 Å². The van der Waals surface area contributed by atoms with E-state index in [0.29, 0.717) is 16.5 Å². The van der Waals surface area contributed by atoms with Crippen LogP contribution in [0.4, 0.5) is 16.3 Å². The zero-order valence-corrected chi connectivity index (χ0v) is 12.8. The molecule has 112 valence electrons. The molecule has 4 N–H and O–H groups in total. The largest absolute Gasteiger partial charge is 0.444 e. The number of nitrogens with one attached hydrogen (secondary N) is 2. The normalized spacial score (nSPS) is 11.2. The zero-order valence-electron chi connectivity index (χ0n) is 12.0. The number of halogens is 1. The number of nitrogens with two attached hydrogens (primary N) is 1. The number of carbonyl (C=O) groups is 1. The fourth-order valence-corrected chi connectivity index (χ4v) is 1.91. The lowest BCUT2D eigenvalue weighted by Crippen LogP contribution is -2.27. The van der Waals surface area contributed by atoms with E-state index in [2.05, 4.69) is 15.5 Å². The standard InChI is InChI=1S/C14H17ClN4O2/c1-14(2,3)21-13(20)17-10-5-4-8(6-9(10)15)11-7-12(16)19-18-11/h4-7H,1-3H3,(H,17,20)(H3,16,18,19). The molecule has 0 aliphatic carbocycles. The average Bonchev–Trinajstić information content (AvgIpc) is 2.76. The van der Waals surface area contributed by atoms with Gasteiger partial charge in [-0.3, -0.25) is 10.4 Å². The summed E-state index contributed by atoms with van der Waals surface area (Å²) < 4.78 is 5.17. The molecule has 2 aromatic rings. The van der Waals surface area contributed by atoms with Crippen molar-refractivity contribution in [1.82, 2.24) is 10.2 Å². The number of amides is 1. The highest BCUT2D eigenvalue weighted by atomic mass is 35.5. The number of carbonyl (C=O) groups excluding carboxylic acids is 1. The van der Waals surface area contributed by atoms with Crippen molar-refractivity contribution in [2.45, 2.75) is 26.4 Å². The Kier molecular flexibility index (Phi) is 4.09. The summed E-state index contributed by atoms with van der Waals surface area (Å²) >= 11 is 6.17. The van der Waals surface area contributed by atoms with Crippen molar-refractivity contribution in [2.75, 3.05) is 11.1 Å². The van der Waals surface area contributed by atoms with Gasteiger partial charge in [-0.2, -0.15) is 5.10 Å². The Morgan fingerprint density at radius 3 is 2.62 bits per heavy atom. The molecule has 0 aliphatic heterocycles. The van der Waals surface area contributed by atoms with Crippen molar-refractivity contribution < 1.29 is 9.53 Å². The number of aromatic amines is 1. The smallest absolute Gasteiger partial charge is 0.412 e. The summed E-state index contributed by atoms with van der Waals surface area (Å²) in [7, 11) is 0. The first-order valence-corrected chi connectivity index (χ1v) is 6.73. The molecule has 0 atom stereocenters. The molecule has 1 aromatic carbocycles. The average molecular weight is 309 g/mol. The Balaban J connectivity index is 2.15. The maximum Gasteiger partial charge on any atom is 0.412 e. The van der Waals surface area contributed by atoms with Gasteiger partial charge in [0.2, 0.25) is 0 Å². The molecule has 1 heterocycles. The number of hydrogen-bond acceptors (Lipinski definition) is 4. The topological polar surface area (TPSA) is 93.0 Å². The molecule has 7 heteroatoms. The van der Waals surface area contributed by atoms with Gasteiger partial charge in [0.25, 0.3) is 0 Å². The minimum atomic E-state index is -0.566. The molecule has 21 heavy (non-hydrogen) atoms. The van der Waals surface area contributed by atoms with Crippen LogP contribution in [0.3, 0.4) is 0 Å². The highest BCUT2D eigenvalue weighted by molar-refractivity contribution is 6.34. The minimum Gasteiger partial charge on any atom is -0.444 e. The van der Waals surface area contributed by atoms with E-state index < -0.39 is 11.7 Å². The predicted molar refractivity (Wildman–Crippen MR) is 83.3 cm³/mol. The number of hydrogen-bond donors (Lipinski definition) is 3. The van der Waals surface area contributed by atoms with Crippen LogP contribution in [0, 0.1) is 0 Å². The van der Waals surface area contributed by atoms with Gasteiger partial charge in [0.1, 0.15) is 11.4 Å². The quantitative estimate of drug-likeness (QED) is 0.789. The first kappa shape index (κ1) is 15.2. The molecule has 0 fully saturated rings. The first-order chi connectivity index (χ1) is 9.74. The molecule has 0 aliphatic rings. The fourth-order valence-electron chi connectivity index (χ4n) is 1.68. The van der Waals surface area contributed by atoms with Crippen molar-refractivity contribution in [2.24, 2.45) is 0 Å². The Morgan fingerprint density at radius 2 is 2.10 bits per heavy atom. The second-order valence-corrected chi connectivity index (χ2v) is 5.94. The van der Waals surface area contributed by atoms with Gasteiger partial charge in [-0.1, -0.05) is 17.7 Å². The number of H-pyrrole nitrogens is 1. The number of benzene rings is 1. The zero-order chi connectivity index (χ0) is 15.6. The molecule has 1 amide bonds. The molecular formula is C14H17ClN4O2. The number of rotatable bonds is 2. The van der Waals surface area contributed by atoms with E-state index in [9.17, 15) is 4.79 Å². The van der Waals surface area contributed by atoms with Crippen molar-refractivity contribution in [1.29, 1.82) is 0 Å². The van der Waals surface area contributed by atoms with Gasteiger partial charge in [0.05, 0.1) is 16.4 Å². The van der Waals surface area contributed by atoms with Crippen molar-refractivity contribution in [3.05, 3.63) is 29.3 Å². The number of ether oxygens (including phenoxy) is 1. The summed E-state index contributed by atoms with van der Waals surface area (Å²) in [6, 6.07) is 6.90. The van der Waals surface area contributed by atoms with Crippen LogP contribution in [0.25, 0.3) is 11.3 Å². The van der Waals surface area contributed by atoms with Crippen LogP contribution < -0.4 is 11.1 Å². The van der Waals surface area contributed by atoms with E-state index in [1.54, 1.807) is 45.0 Å². The highest BCUT2D eigenvalue weighted by Gasteiger charge is 2.17. The second-order valence-electron chi connectivity index (χ2n) is 5.53. The fraction of sp³-hybridized carbons (Fsp3) is 0.286. The first-order valence-electron chi connectivity index (χ1n) is 6.35. The molecule has 1 aromatic heterocycles. The lowest BCUT2D eigenvalue weighted by Gasteiger charge is -2.20. The van der Waals surface area contributed by atoms with E-state index in [1.807, 2.05) is 0 Å². The maximum absolute atomic E-state index is 11.7. The summed E-state index contributed by atoms with van der Waals surface area (Å²) in [5.74, 6) is 0.400. The van der Waals surface area contributed by atoms with Gasteiger partial charge >= 0.3 is 6.09 Å². The Hall–Kier alpha value is -2.21. The number of nitrogen functional groups attached to an aromatic ring is 1. The predicted octanol–water partition coefficient (Wildman–Crippen LogP) is 3.66. The second kappa shape index (κ2) is 5.65. The van der Waals surface area contributed by atoms with Crippen LogP contribution in [-0.2, 0) is 4.74 Å². The van der Waals surface area contributed by atoms with Crippen LogP contribution in [0.5, 0.6) is 0 Å². The van der Waals surface area contributed by atoms with Gasteiger partial charge in [0, 0.05) is 11.6 Å². The van der Waals surface area contributed by atoms with Gasteiger partial charge in [-0.05, 0) is 32.9 Å². The Bertz CT molecular complexity index is 661. The summed E-state index contributed by atoms with van der Waals surface area (Å²) in [6.45, 7) is 5.37. The van der Waals surface area contributed by atoms with E-state index >= 15 is 0 Å². The molecule has 0 unspecified atom stereocenters. The summed E-state index contributed by atoms with van der Waals surface area (Å²) in [6.07, 6.45) is -0.553. The van der Waals surface area contributed by atoms with Crippen molar-refractivity contribution in [3.8, 4) is 11.3 Å². The third-order valence-corrected chi connectivity index (χ3v) is 2.83. The third-order valence-electron chi connectivity index (χ3n) is 2.51. The van der Waals surface area contributed by atoms with Crippen LogP contribution in [0.1, 0.15) is 20.8 Å².